The molecule has 2 rings (SSSR count). The Morgan fingerprint density at radius 2 is 2.13 bits per heavy atom. The van der Waals surface area contributed by atoms with Crippen LogP contribution < -0.4 is 15.8 Å². The van der Waals surface area contributed by atoms with Crippen LogP contribution in [0.2, 0.25) is 0 Å². The SMILES string of the molecule is CC(C)(C)NC(N)=NCc1ccc(Oc2cccnc2)c(F)c1. The molecule has 0 bridgehead atoms. The summed E-state index contributed by atoms with van der Waals surface area (Å²) < 4.78 is 19.5. The molecule has 0 fully saturated rings. The summed E-state index contributed by atoms with van der Waals surface area (Å²) in [5, 5.41) is 3.05. The van der Waals surface area contributed by atoms with Gasteiger partial charge < -0.3 is 15.8 Å². The van der Waals surface area contributed by atoms with Gasteiger partial charge in [-0.2, -0.15) is 0 Å². The number of nitrogens with two attached hydrogens (primary N) is 1. The Labute approximate surface area is 135 Å². The lowest BCUT2D eigenvalue weighted by atomic mass is 10.1. The van der Waals surface area contributed by atoms with Gasteiger partial charge in [-0.05, 0) is 50.6 Å². The molecule has 0 amide bonds. The maximum absolute atomic E-state index is 14.1. The van der Waals surface area contributed by atoms with Crippen molar-refractivity contribution in [2.75, 3.05) is 0 Å². The number of ether oxygens (including phenoxy) is 1. The number of rotatable bonds is 4. The van der Waals surface area contributed by atoms with E-state index in [2.05, 4.69) is 15.3 Å². The van der Waals surface area contributed by atoms with Crippen molar-refractivity contribution in [2.24, 2.45) is 10.7 Å². The average molecular weight is 316 g/mol. The Bertz CT molecular complexity index is 681. The topological polar surface area (TPSA) is 72.5 Å². The van der Waals surface area contributed by atoms with E-state index in [-0.39, 0.29) is 11.3 Å². The summed E-state index contributed by atoms with van der Waals surface area (Å²) in [6, 6.07) is 8.15. The predicted octanol–water partition coefficient (Wildman–Crippen LogP) is 3.22. The number of aliphatic imine (C=N–C) groups is 1. The first kappa shape index (κ1) is 16.7. The van der Waals surface area contributed by atoms with Crippen molar-refractivity contribution in [3.63, 3.8) is 0 Å². The fourth-order valence-electron chi connectivity index (χ4n) is 1.86. The number of nitrogens with zero attached hydrogens (tertiary/aromatic N) is 2. The second-order valence-corrected chi connectivity index (χ2v) is 6.13. The first-order valence-corrected chi connectivity index (χ1v) is 7.28. The van der Waals surface area contributed by atoms with Gasteiger partial charge in [-0.15, -0.1) is 0 Å². The molecule has 0 saturated heterocycles. The third-order valence-corrected chi connectivity index (χ3v) is 2.79. The summed E-state index contributed by atoms with van der Waals surface area (Å²) >= 11 is 0. The van der Waals surface area contributed by atoms with Crippen molar-refractivity contribution in [2.45, 2.75) is 32.9 Å². The van der Waals surface area contributed by atoms with Crippen molar-refractivity contribution in [1.82, 2.24) is 10.3 Å². The monoisotopic (exact) mass is 316 g/mol. The average Bonchev–Trinajstić information content (AvgIpc) is 2.47. The number of halogens is 1. The molecule has 2 aromatic rings. The smallest absolute Gasteiger partial charge is 0.189 e. The molecule has 6 heteroatoms. The molecule has 0 aliphatic carbocycles. The van der Waals surface area contributed by atoms with Gasteiger partial charge in [0, 0.05) is 11.7 Å². The summed E-state index contributed by atoms with van der Waals surface area (Å²) in [5.74, 6) is 0.500. The van der Waals surface area contributed by atoms with Crippen molar-refractivity contribution < 1.29 is 9.13 Å². The van der Waals surface area contributed by atoms with E-state index in [9.17, 15) is 4.39 Å². The zero-order valence-electron chi connectivity index (χ0n) is 13.5. The normalized spacial score (nSPS) is 12.1. The molecule has 0 saturated carbocycles. The molecule has 0 aliphatic heterocycles. The third-order valence-electron chi connectivity index (χ3n) is 2.79. The van der Waals surface area contributed by atoms with E-state index in [0.717, 1.165) is 0 Å². The summed E-state index contributed by atoms with van der Waals surface area (Å²) in [6.45, 7) is 6.25. The molecule has 0 atom stereocenters. The summed E-state index contributed by atoms with van der Waals surface area (Å²) in [5.41, 5.74) is 6.33. The highest BCUT2D eigenvalue weighted by atomic mass is 19.1. The Morgan fingerprint density at radius 1 is 1.35 bits per heavy atom. The van der Waals surface area contributed by atoms with Crippen LogP contribution in [0.15, 0.2) is 47.7 Å². The molecule has 1 aromatic heterocycles. The van der Waals surface area contributed by atoms with Gasteiger partial charge >= 0.3 is 0 Å². The Kier molecular flexibility index (Phi) is 5.16. The largest absolute Gasteiger partial charge is 0.453 e. The highest BCUT2D eigenvalue weighted by molar-refractivity contribution is 5.78. The minimum Gasteiger partial charge on any atom is -0.453 e. The lowest BCUT2D eigenvalue weighted by Gasteiger charge is -2.21. The Morgan fingerprint density at radius 3 is 2.74 bits per heavy atom. The Balaban J connectivity index is 2.03. The van der Waals surface area contributed by atoms with E-state index < -0.39 is 5.82 Å². The molecular weight excluding hydrogens is 295 g/mol. The van der Waals surface area contributed by atoms with E-state index in [1.165, 1.54) is 12.3 Å². The van der Waals surface area contributed by atoms with Crippen LogP contribution in [0.4, 0.5) is 4.39 Å². The van der Waals surface area contributed by atoms with Crippen molar-refractivity contribution in [3.8, 4) is 11.5 Å². The number of benzene rings is 1. The molecule has 0 unspecified atom stereocenters. The van der Waals surface area contributed by atoms with E-state index in [1.807, 2.05) is 20.8 Å². The van der Waals surface area contributed by atoms with E-state index in [0.29, 0.717) is 23.8 Å². The third kappa shape index (κ3) is 5.58. The molecule has 3 N–H and O–H groups in total. The quantitative estimate of drug-likeness (QED) is 0.671. The van der Waals surface area contributed by atoms with Crippen molar-refractivity contribution >= 4 is 5.96 Å². The molecule has 0 aliphatic rings. The van der Waals surface area contributed by atoms with E-state index >= 15 is 0 Å². The van der Waals surface area contributed by atoms with Crippen LogP contribution >= 0.6 is 0 Å². The first-order chi connectivity index (χ1) is 10.8. The van der Waals surface area contributed by atoms with Gasteiger partial charge in [-0.25, -0.2) is 9.38 Å². The van der Waals surface area contributed by atoms with Gasteiger partial charge in [0.1, 0.15) is 5.75 Å². The second kappa shape index (κ2) is 7.09. The molecule has 122 valence electrons. The molecule has 1 heterocycles. The van der Waals surface area contributed by atoms with Gasteiger partial charge in [0.05, 0.1) is 12.7 Å². The van der Waals surface area contributed by atoms with Gasteiger partial charge in [0.2, 0.25) is 0 Å². The van der Waals surface area contributed by atoms with Crippen LogP contribution in [0.3, 0.4) is 0 Å². The standard InChI is InChI=1S/C17H21FN4O/c1-17(2,3)22-16(19)21-10-12-6-7-15(14(18)9-12)23-13-5-4-8-20-11-13/h4-9,11H,10H2,1-3H3,(H3,19,21,22). The zero-order chi connectivity index (χ0) is 16.9. The van der Waals surface area contributed by atoms with Crippen LogP contribution in [-0.4, -0.2) is 16.5 Å². The number of guanidine groups is 1. The highest BCUT2D eigenvalue weighted by Gasteiger charge is 2.10. The summed E-state index contributed by atoms with van der Waals surface area (Å²) in [4.78, 5) is 8.12. The first-order valence-electron chi connectivity index (χ1n) is 7.28. The zero-order valence-corrected chi connectivity index (χ0v) is 13.5. The molecule has 0 radical (unpaired) electrons. The number of nitrogens with one attached hydrogen (secondary N) is 1. The van der Waals surface area contributed by atoms with Crippen LogP contribution in [-0.2, 0) is 6.54 Å². The molecule has 1 aromatic carbocycles. The van der Waals surface area contributed by atoms with Crippen LogP contribution in [0, 0.1) is 5.82 Å². The lowest BCUT2D eigenvalue weighted by Crippen LogP contribution is -2.44. The van der Waals surface area contributed by atoms with E-state index in [4.69, 9.17) is 10.5 Å². The molecule has 0 spiro atoms. The fraction of sp³-hybridized carbons (Fsp3) is 0.294. The lowest BCUT2D eigenvalue weighted by molar-refractivity contribution is 0.440. The maximum Gasteiger partial charge on any atom is 0.189 e. The number of aromatic nitrogens is 1. The summed E-state index contributed by atoms with van der Waals surface area (Å²) in [6.07, 6.45) is 3.15. The number of pyridine rings is 1. The molecule has 23 heavy (non-hydrogen) atoms. The summed E-state index contributed by atoms with van der Waals surface area (Å²) in [7, 11) is 0. The minimum atomic E-state index is -0.455. The van der Waals surface area contributed by atoms with Crippen LogP contribution in [0.25, 0.3) is 0 Å². The fourth-order valence-corrected chi connectivity index (χ4v) is 1.86. The molecule has 5 nitrogen and oxygen atoms in total. The highest BCUT2D eigenvalue weighted by Crippen LogP contribution is 2.24. The molecular formula is C17H21FN4O. The van der Waals surface area contributed by atoms with Gasteiger partial charge in [0.15, 0.2) is 17.5 Å². The Hall–Kier alpha value is -2.63. The van der Waals surface area contributed by atoms with Gasteiger partial charge in [-0.3, -0.25) is 4.98 Å². The van der Waals surface area contributed by atoms with Gasteiger partial charge in [0.25, 0.3) is 0 Å². The number of hydrogen-bond acceptors (Lipinski definition) is 3. The second-order valence-electron chi connectivity index (χ2n) is 6.13. The van der Waals surface area contributed by atoms with Gasteiger partial charge in [-0.1, -0.05) is 6.07 Å². The van der Waals surface area contributed by atoms with E-state index in [1.54, 1.807) is 30.5 Å². The van der Waals surface area contributed by atoms with Crippen molar-refractivity contribution in [1.29, 1.82) is 0 Å². The number of hydrogen-bond donors (Lipinski definition) is 2. The minimum absolute atomic E-state index is 0.145. The predicted molar refractivity (Wildman–Crippen MR) is 88.9 cm³/mol. The van der Waals surface area contributed by atoms with Crippen LogP contribution in [0.5, 0.6) is 11.5 Å². The van der Waals surface area contributed by atoms with Crippen LogP contribution in [0.1, 0.15) is 26.3 Å². The van der Waals surface area contributed by atoms with Crippen molar-refractivity contribution in [3.05, 3.63) is 54.1 Å². The maximum atomic E-state index is 14.1.